The third-order valence-corrected chi connectivity index (χ3v) is 2.74. The number of H-pyrrole nitrogens is 2. The van der Waals surface area contributed by atoms with E-state index in [9.17, 15) is 22.8 Å². The van der Waals surface area contributed by atoms with Gasteiger partial charge in [0, 0.05) is 6.54 Å². The fourth-order valence-corrected chi connectivity index (χ4v) is 1.58. The molecule has 2 rings (SSSR count). The number of fused-ring (bicyclic) bond motifs is 1. The number of alkyl halides is 3. The van der Waals surface area contributed by atoms with E-state index in [4.69, 9.17) is 9.90 Å². The summed E-state index contributed by atoms with van der Waals surface area (Å²) in [4.78, 5) is 40.9. The Morgan fingerprint density at radius 3 is 2.43 bits per heavy atom. The normalized spacial score (nSPS) is 11.4. The number of carboxylic acids is 1. The molecular weight excluding hydrogens is 321 g/mol. The first kappa shape index (κ1) is 18.5. The third kappa shape index (κ3) is 4.97. The van der Waals surface area contributed by atoms with Crippen LogP contribution in [-0.2, 0) is 11.3 Å². The number of halogens is 3. The summed E-state index contributed by atoms with van der Waals surface area (Å²) in [6.07, 6.45) is -2.79. The molecule has 128 valence electrons. The first-order valence-electron chi connectivity index (χ1n) is 6.50. The van der Waals surface area contributed by atoms with Crippen molar-refractivity contribution in [1.29, 1.82) is 0 Å². The second-order valence-corrected chi connectivity index (χ2v) is 5.00. The van der Waals surface area contributed by atoms with Crippen molar-refractivity contribution in [3.05, 3.63) is 27.2 Å². The first-order valence-corrected chi connectivity index (χ1v) is 6.50. The molecule has 0 aromatic carbocycles. The lowest BCUT2D eigenvalue weighted by Gasteiger charge is -2.07. The molecule has 2 aromatic heterocycles. The number of hydrogen-bond donors (Lipinski definition) is 3. The number of carboxylic acid groups (broad SMARTS) is 1. The van der Waals surface area contributed by atoms with Gasteiger partial charge < -0.3 is 10.1 Å². The maximum atomic E-state index is 11.6. The highest BCUT2D eigenvalue weighted by molar-refractivity contribution is 5.73. The maximum absolute atomic E-state index is 11.6. The van der Waals surface area contributed by atoms with Crippen molar-refractivity contribution in [3.63, 3.8) is 0 Å². The van der Waals surface area contributed by atoms with Gasteiger partial charge in [-0.1, -0.05) is 13.8 Å². The lowest BCUT2D eigenvalue weighted by Crippen LogP contribution is -2.30. The van der Waals surface area contributed by atoms with E-state index in [-0.39, 0.29) is 0 Å². The number of hydrogen-bond acceptors (Lipinski definition) is 4. The predicted octanol–water partition coefficient (Wildman–Crippen LogP) is 1.09. The molecule has 0 unspecified atom stereocenters. The fraction of sp³-hybridized carbons (Fsp3) is 0.500. The highest BCUT2D eigenvalue weighted by Crippen LogP contribution is 2.13. The molecular formula is C12H15F3N4O4. The first-order chi connectivity index (χ1) is 10.5. The standard InChI is InChI=1S/C10H14N4O2.C2HF3O2/c1-6(2)3-4-14-8-7(11-5-12-8)9(15)13-10(14)16;3-2(4,5)1(6)7/h5-6H,3-4H2,1-2H3,(H,11,12)(H,13,15,16);(H,6,7). The Morgan fingerprint density at radius 2 is 1.96 bits per heavy atom. The monoisotopic (exact) mass is 336 g/mol. The zero-order valence-corrected chi connectivity index (χ0v) is 12.3. The Morgan fingerprint density at radius 1 is 1.39 bits per heavy atom. The van der Waals surface area contributed by atoms with Crippen LogP contribution in [0.1, 0.15) is 20.3 Å². The Balaban J connectivity index is 0.000000322. The van der Waals surface area contributed by atoms with E-state index in [0.29, 0.717) is 23.6 Å². The van der Waals surface area contributed by atoms with Crippen molar-refractivity contribution in [2.24, 2.45) is 5.92 Å². The number of nitrogens with one attached hydrogen (secondary N) is 2. The molecule has 0 radical (unpaired) electrons. The molecule has 2 aromatic rings. The van der Waals surface area contributed by atoms with Gasteiger partial charge in [-0.05, 0) is 12.3 Å². The van der Waals surface area contributed by atoms with E-state index in [0.717, 1.165) is 6.42 Å². The molecule has 0 bridgehead atoms. The van der Waals surface area contributed by atoms with Crippen molar-refractivity contribution < 1.29 is 23.1 Å². The van der Waals surface area contributed by atoms with Crippen LogP contribution in [0.25, 0.3) is 11.2 Å². The van der Waals surface area contributed by atoms with Gasteiger partial charge in [0.15, 0.2) is 5.65 Å². The van der Waals surface area contributed by atoms with E-state index in [1.54, 1.807) is 0 Å². The number of carbonyl (C=O) groups is 1. The van der Waals surface area contributed by atoms with Gasteiger partial charge in [-0.3, -0.25) is 14.3 Å². The van der Waals surface area contributed by atoms with Crippen molar-refractivity contribution in [1.82, 2.24) is 19.5 Å². The van der Waals surface area contributed by atoms with Gasteiger partial charge in [-0.15, -0.1) is 0 Å². The predicted molar refractivity (Wildman–Crippen MR) is 74.1 cm³/mol. The van der Waals surface area contributed by atoms with Crippen LogP contribution in [0.15, 0.2) is 15.9 Å². The van der Waals surface area contributed by atoms with Crippen LogP contribution >= 0.6 is 0 Å². The molecule has 3 N–H and O–H groups in total. The average molecular weight is 336 g/mol. The third-order valence-electron chi connectivity index (χ3n) is 2.74. The average Bonchev–Trinajstić information content (AvgIpc) is 2.87. The molecule has 0 aliphatic rings. The molecule has 0 aliphatic carbocycles. The second kappa shape index (κ2) is 7.11. The number of aryl methyl sites for hydroxylation is 1. The summed E-state index contributed by atoms with van der Waals surface area (Å²) in [7, 11) is 0. The van der Waals surface area contributed by atoms with E-state index in [2.05, 4.69) is 28.8 Å². The molecule has 23 heavy (non-hydrogen) atoms. The highest BCUT2D eigenvalue weighted by atomic mass is 19.4. The van der Waals surface area contributed by atoms with Crippen LogP contribution in [0.5, 0.6) is 0 Å². The topological polar surface area (TPSA) is 121 Å². The van der Waals surface area contributed by atoms with Crippen LogP contribution in [0, 0.1) is 5.92 Å². The Hall–Kier alpha value is -2.59. The minimum atomic E-state index is -5.08. The smallest absolute Gasteiger partial charge is 0.475 e. The molecule has 0 spiro atoms. The summed E-state index contributed by atoms with van der Waals surface area (Å²) in [6, 6.07) is 0. The van der Waals surface area contributed by atoms with Gasteiger partial charge in [0.05, 0.1) is 6.33 Å². The maximum Gasteiger partial charge on any atom is 0.490 e. The minimum absolute atomic E-state index is 0.350. The summed E-state index contributed by atoms with van der Waals surface area (Å²) < 4.78 is 33.2. The quantitative estimate of drug-likeness (QED) is 0.775. The molecule has 8 nitrogen and oxygen atoms in total. The Labute approximate surface area is 127 Å². The Bertz CT molecular complexity index is 788. The highest BCUT2D eigenvalue weighted by Gasteiger charge is 2.38. The Kier molecular flexibility index (Phi) is 5.71. The lowest BCUT2D eigenvalue weighted by atomic mass is 10.1. The molecule has 2 heterocycles. The van der Waals surface area contributed by atoms with Crippen molar-refractivity contribution in [2.75, 3.05) is 0 Å². The van der Waals surface area contributed by atoms with Crippen LogP contribution < -0.4 is 11.2 Å². The number of rotatable bonds is 3. The molecule has 0 saturated carbocycles. The molecule has 0 amide bonds. The number of aromatic nitrogens is 4. The van der Waals surface area contributed by atoms with Crippen molar-refractivity contribution >= 4 is 17.1 Å². The summed E-state index contributed by atoms with van der Waals surface area (Å²) in [5.74, 6) is -2.26. The van der Waals surface area contributed by atoms with Gasteiger partial charge in [0.1, 0.15) is 5.52 Å². The summed E-state index contributed by atoms with van der Waals surface area (Å²) in [6.45, 7) is 4.73. The van der Waals surface area contributed by atoms with Crippen molar-refractivity contribution in [3.8, 4) is 0 Å². The number of nitrogens with zero attached hydrogens (tertiary/aromatic N) is 2. The summed E-state index contributed by atoms with van der Waals surface area (Å²) in [5.41, 5.74) is -0.0405. The zero-order valence-electron chi connectivity index (χ0n) is 12.3. The van der Waals surface area contributed by atoms with Crippen LogP contribution in [-0.4, -0.2) is 36.8 Å². The van der Waals surface area contributed by atoms with Gasteiger partial charge in [-0.2, -0.15) is 13.2 Å². The van der Waals surface area contributed by atoms with Gasteiger partial charge in [-0.25, -0.2) is 14.6 Å². The molecule has 0 fully saturated rings. The minimum Gasteiger partial charge on any atom is -0.475 e. The van der Waals surface area contributed by atoms with E-state index in [1.807, 2.05) is 0 Å². The molecule has 0 saturated heterocycles. The van der Waals surface area contributed by atoms with E-state index >= 15 is 0 Å². The molecule has 0 atom stereocenters. The molecule has 11 heteroatoms. The summed E-state index contributed by atoms with van der Waals surface area (Å²) in [5, 5.41) is 7.12. The molecule has 0 aliphatic heterocycles. The number of aromatic amines is 2. The fourth-order valence-electron chi connectivity index (χ4n) is 1.58. The van der Waals surface area contributed by atoms with Crippen LogP contribution in [0.3, 0.4) is 0 Å². The van der Waals surface area contributed by atoms with Crippen molar-refractivity contribution in [2.45, 2.75) is 33.0 Å². The summed E-state index contributed by atoms with van der Waals surface area (Å²) >= 11 is 0. The zero-order chi connectivity index (χ0) is 17.8. The lowest BCUT2D eigenvalue weighted by molar-refractivity contribution is -0.192. The second-order valence-electron chi connectivity index (χ2n) is 5.00. The van der Waals surface area contributed by atoms with Gasteiger partial charge in [0.2, 0.25) is 0 Å². The van der Waals surface area contributed by atoms with E-state index < -0.39 is 23.4 Å². The number of imidazole rings is 1. The van der Waals surface area contributed by atoms with Gasteiger partial charge >= 0.3 is 17.8 Å². The van der Waals surface area contributed by atoms with Gasteiger partial charge in [0.25, 0.3) is 5.56 Å². The van der Waals surface area contributed by atoms with Crippen LogP contribution in [0.2, 0.25) is 0 Å². The van der Waals surface area contributed by atoms with Crippen LogP contribution in [0.4, 0.5) is 13.2 Å². The SMILES string of the molecule is CC(C)CCn1c(=O)[nH]c(=O)c2[nH]cnc21.O=C(O)C(F)(F)F. The largest absolute Gasteiger partial charge is 0.490 e. The number of aliphatic carboxylic acids is 1. The van der Waals surface area contributed by atoms with E-state index in [1.165, 1.54) is 10.9 Å².